The first kappa shape index (κ1) is 24.5. The van der Waals surface area contributed by atoms with Crippen LogP contribution in [0.4, 0.5) is 15.8 Å². The minimum atomic E-state index is -1.24. The van der Waals surface area contributed by atoms with Gasteiger partial charge in [0, 0.05) is 24.4 Å². The summed E-state index contributed by atoms with van der Waals surface area (Å²) < 4.78 is 20.9. The number of nitrogens with zero attached hydrogens (tertiary/aromatic N) is 2. The minimum absolute atomic E-state index is 0.0346. The van der Waals surface area contributed by atoms with Crippen LogP contribution in [0.2, 0.25) is 0 Å². The van der Waals surface area contributed by atoms with E-state index in [2.05, 4.69) is 16.7 Å². The van der Waals surface area contributed by atoms with Crippen LogP contribution in [0.3, 0.4) is 0 Å². The Labute approximate surface area is 213 Å². The van der Waals surface area contributed by atoms with Crippen LogP contribution in [-0.2, 0) is 9.59 Å². The Bertz CT molecular complexity index is 1380. The normalized spacial score (nSPS) is 17.3. The van der Waals surface area contributed by atoms with Crippen molar-refractivity contribution in [1.29, 1.82) is 5.26 Å². The lowest BCUT2D eigenvalue weighted by Crippen LogP contribution is -2.57. The van der Waals surface area contributed by atoms with Crippen molar-refractivity contribution in [3.63, 3.8) is 0 Å². The molecule has 0 unspecified atom stereocenters. The summed E-state index contributed by atoms with van der Waals surface area (Å²) in [4.78, 5) is 40.2. The molecule has 1 aliphatic carbocycles. The molecule has 190 valence electrons. The van der Waals surface area contributed by atoms with Crippen molar-refractivity contribution in [1.82, 2.24) is 5.32 Å². The second kappa shape index (κ2) is 10.1. The van der Waals surface area contributed by atoms with Crippen LogP contribution in [-0.4, -0.2) is 36.2 Å². The third-order valence-electron chi connectivity index (χ3n) is 7.19. The summed E-state index contributed by atoms with van der Waals surface area (Å²) >= 11 is 0. The van der Waals surface area contributed by atoms with E-state index in [-0.39, 0.29) is 29.3 Å². The predicted octanol–water partition coefficient (Wildman–Crippen LogP) is 4.68. The SMILES string of the molecule is N#Cc1cc(NC(=O)C2(NC(=O)c3cc4ccccc4o3)CCCCC2)c(F)cc1N1CCCC(=O)C1. The maximum Gasteiger partial charge on any atom is 0.287 e. The van der Waals surface area contributed by atoms with E-state index >= 15 is 4.39 Å². The van der Waals surface area contributed by atoms with Gasteiger partial charge in [0.25, 0.3) is 5.91 Å². The molecule has 8 nitrogen and oxygen atoms in total. The zero-order valence-corrected chi connectivity index (χ0v) is 20.3. The number of anilines is 2. The van der Waals surface area contributed by atoms with Gasteiger partial charge in [-0.2, -0.15) is 5.26 Å². The van der Waals surface area contributed by atoms with Gasteiger partial charge in [0.2, 0.25) is 5.91 Å². The summed E-state index contributed by atoms with van der Waals surface area (Å²) in [5.74, 6) is -1.64. The van der Waals surface area contributed by atoms with Gasteiger partial charge < -0.3 is 20.0 Å². The average Bonchev–Trinajstić information content (AvgIpc) is 3.35. The molecule has 0 radical (unpaired) electrons. The summed E-state index contributed by atoms with van der Waals surface area (Å²) in [6.45, 7) is 0.666. The molecule has 2 N–H and O–H groups in total. The lowest BCUT2D eigenvalue weighted by molar-refractivity contribution is -0.123. The number of carbonyl (C=O) groups is 3. The van der Waals surface area contributed by atoms with E-state index in [1.165, 1.54) is 12.1 Å². The number of Topliss-reactive ketones (excluding diaryl/α,β-unsaturated/α-hetero) is 1. The van der Waals surface area contributed by atoms with Crippen LogP contribution in [0.5, 0.6) is 0 Å². The van der Waals surface area contributed by atoms with Crippen LogP contribution < -0.4 is 15.5 Å². The highest BCUT2D eigenvalue weighted by atomic mass is 19.1. The maximum atomic E-state index is 15.2. The van der Waals surface area contributed by atoms with E-state index in [0.29, 0.717) is 43.5 Å². The second-order valence-electron chi connectivity index (χ2n) is 9.72. The van der Waals surface area contributed by atoms with Crippen LogP contribution in [0.25, 0.3) is 11.0 Å². The van der Waals surface area contributed by atoms with Gasteiger partial charge in [0.1, 0.15) is 23.0 Å². The highest BCUT2D eigenvalue weighted by Crippen LogP contribution is 2.33. The molecule has 37 heavy (non-hydrogen) atoms. The first-order chi connectivity index (χ1) is 17.9. The van der Waals surface area contributed by atoms with Crippen molar-refractivity contribution in [3.8, 4) is 6.07 Å². The topological polar surface area (TPSA) is 115 Å². The largest absolute Gasteiger partial charge is 0.451 e. The predicted molar refractivity (Wildman–Crippen MR) is 136 cm³/mol. The quantitative estimate of drug-likeness (QED) is 0.523. The molecule has 3 aromatic rings. The van der Waals surface area contributed by atoms with E-state index in [9.17, 15) is 19.6 Å². The number of hydrogen-bond acceptors (Lipinski definition) is 6. The lowest BCUT2D eigenvalue weighted by atomic mass is 9.80. The zero-order chi connectivity index (χ0) is 26.0. The molecule has 1 aliphatic heterocycles. The Balaban J connectivity index is 1.39. The van der Waals surface area contributed by atoms with E-state index in [1.54, 1.807) is 17.0 Å². The summed E-state index contributed by atoms with van der Waals surface area (Å²) in [6, 6.07) is 13.4. The number of halogens is 1. The van der Waals surface area contributed by atoms with Crippen molar-refractivity contribution in [3.05, 3.63) is 59.6 Å². The lowest BCUT2D eigenvalue weighted by Gasteiger charge is -2.36. The van der Waals surface area contributed by atoms with E-state index in [0.717, 1.165) is 24.6 Å². The molecule has 2 heterocycles. The van der Waals surface area contributed by atoms with Crippen LogP contribution in [0.1, 0.15) is 61.1 Å². The maximum absolute atomic E-state index is 15.2. The van der Waals surface area contributed by atoms with Crippen molar-refractivity contribution < 1.29 is 23.2 Å². The van der Waals surface area contributed by atoms with Crippen molar-refractivity contribution in [2.24, 2.45) is 0 Å². The Morgan fingerprint density at radius 2 is 1.86 bits per heavy atom. The summed E-state index contributed by atoms with van der Waals surface area (Å²) in [5, 5.41) is 16.0. The molecule has 0 atom stereocenters. The number of fused-ring (bicyclic) bond motifs is 1. The summed E-state index contributed by atoms with van der Waals surface area (Å²) in [6.07, 6.45) is 4.26. The molecule has 2 aromatic carbocycles. The number of benzene rings is 2. The standard InChI is InChI=1S/C28H27FN4O4/c29-21-15-23(33-12-6-8-20(34)17-33)19(16-30)13-22(21)31-27(36)28(10-4-1-5-11-28)32-26(35)25-14-18-7-2-3-9-24(18)37-25/h2-3,7,9,13-15H,1,4-6,8,10-12,17H2,(H,31,36)(H,32,35). The number of piperidine rings is 1. The Kier molecular flexibility index (Phi) is 6.66. The van der Waals surface area contributed by atoms with E-state index in [4.69, 9.17) is 4.42 Å². The smallest absolute Gasteiger partial charge is 0.287 e. The van der Waals surface area contributed by atoms with Gasteiger partial charge in [0.15, 0.2) is 11.5 Å². The molecular weight excluding hydrogens is 475 g/mol. The first-order valence-electron chi connectivity index (χ1n) is 12.5. The van der Waals surface area contributed by atoms with Gasteiger partial charge in [-0.3, -0.25) is 14.4 Å². The molecule has 1 saturated carbocycles. The number of hydrogen-bond donors (Lipinski definition) is 2. The van der Waals surface area contributed by atoms with E-state index in [1.807, 2.05) is 18.2 Å². The highest BCUT2D eigenvalue weighted by molar-refractivity contribution is 6.04. The Morgan fingerprint density at radius 3 is 2.59 bits per heavy atom. The number of amides is 2. The fourth-order valence-corrected chi connectivity index (χ4v) is 5.23. The summed E-state index contributed by atoms with van der Waals surface area (Å²) in [7, 11) is 0. The van der Waals surface area contributed by atoms with E-state index < -0.39 is 23.2 Å². The molecular formula is C28H27FN4O4. The number of rotatable bonds is 5. The molecule has 2 fully saturated rings. The summed E-state index contributed by atoms with van der Waals surface area (Å²) in [5.41, 5.74) is -0.328. The van der Waals surface area contributed by atoms with Crippen LogP contribution >= 0.6 is 0 Å². The molecule has 1 aromatic heterocycles. The molecule has 0 spiro atoms. The molecule has 2 amide bonds. The molecule has 1 saturated heterocycles. The Hall–Kier alpha value is -4.19. The fraction of sp³-hybridized carbons (Fsp3) is 0.357. The Morgan fingerprint density at radius 1 is 1.08 bits per heavy atom. The highest BCUT2D eigenvalue weighted by Gasteiger charge is 2.42. The van der Waals surface area contributed by atoms with Crippen LogP contribution in [0, 0.1) is 17.1 Å². The third-order valence-corrected chi connectivity index (χ3v) is 7.19. The number of furan rings is 1. The molecule has 0 bridgehead atoms. The van der Waals surface area contributed by atoms with Gasteiger partial charge >= 0.3 is 0 Å². The monoisotopic (exact) mass is 502 g/mol. The van der Waals surface area contributed by atoms with Crippen molar-refractivity contribution in [2.45, 2.75) is 50.5 Å². The van der Waals surface area contributed by atoms with Crippen molar-refractivity contribution in [2.75, 3.05) is 23.3 Å². The van der Waals surface area contributed by atoms with Gasteiger partial charge in [-0.05, 0) is 37.5 Å². The number of para-hydroxylation sites is 1. The second-order valence-corrected chi connectivity index (χ2v) is 9.72. The fourth-order valence-electron chi connectivity index (χ4n) is 5.23. The molecule has 2 aliphatic rings. The molecule has 5 rings (SSSR count). The zero-order valence-electron chi connectivity index (χ0n) is 20.3. The first-order valence-corrected chi connectivity index (χ1v) is 12.5. The van der Waals surface area contributed by atoms with Gasteiger partial charge in [0.05, 0.1) is 23.5 Å². The number of nitrogens with one attached hydrogen (secondary N) is 2. The van der Waals surface area contributed by atoms with Gasteiger partial charge in [-0.1, -0.05) is 37.5 Å². The third kappa shape index (κ3) is 4.92. The number of ketones is 1. The van der Waals surface area contributed by atoms with Crippen LogP contribution in [0.15, 0.2) is 46.9 Å². The number of carbonyl (C=O) groups excluding carboxylic acids is 3. The molecule has 9 heteroatoms. The van der Waals surface area contributed by atoms with Gasteiger partial charge in [-0.25, -0.2) is 4.39 Å². The van der Waals surface area contributed by atoms with Gasteiger partial charge in [-0.15, -0.1) is 0 Å². The van der Waals surface area contributed by atoms with Crippen molar-refractivity contribution >= 4 is 39.9 Å². The number of nitriles is 1. The minimum Gasteiger partial charge on any atom is -0.451 e. The average molecular weight is 503 g/mol.